The molecule has 0 unspecified atom stereocenters. The number of ether oxygens (including phenoxy) is 1. The first-order valence-corrected chi connectivity index (χ1v) is 11.6. The lowest BCUT2D eigenvalue weighted by Gasteiger charge is -2.35. The van der Waals surface area contributed by atoms with Crippen molar-refractivity contribution in [2.24, 2.45) is 5.92 Å². The molecule has 180 valence electrons. The van der Waals surface area contributed by atoms with Gasteiger partial charge in [0.1, 0.15) is 5.69 Å². The number of carbonyl (C=O) groups excluding carboxylic acids is 2. The van der Waals surface area contributed by atoms with Crippen molar-refractivity contribution in [2.45, 2.75) is 58.4 Å². The minimum Gasteiger partial charge on any atom is -0.394 e. The maximum absolute atomic E-state index is 12.9. The Hall–Kier alpha value is -2.78. The number of aliphatic hydroxyl groups excluding tert-OH is 1. The van der Waals surface area contributed by atoms with Crippen molar-refractivity contribution in [3.8, 4) is 0 Å². The number of nitrogens with zero attached hydrogens (tertiary/aromatic N) is 5. The smallest absolute Gasteiger partial charge is 0.226 e. The molecular formula is C24H35N5O4. The highest BCUT2D eigenvalue weighted by atomic mass is 16.5. The zero-order chi connectivity index (χ0) is 23.8. The molecule has 1 N–H and O–H groups in total. The van der Waals surface area contributed by atoms with Gasteiger partial charge in [-0.2, -0.15) is 0 Å². The SMILES string of the molecule is C[C@H](CO)N1C[C@H](C)[C@@H](CN(C)C(=O)Cc2ccccc2)OCc2cn(nn2)CCCC1=O. The Morgan fingerprint density at radius 1 is 1.33 bits per heavy atom. The van der Waals surface area contributed by atoms with Crippen LogP contribution in [0.3, 0.4) is 0 Å². The van der Waals surface area contributed by atoms with Gasteiger partial charge in [-0.25, -0.2) is 0 Å². The fourth-order valence-corrected chi connectivity index (χ4v) is 3.97. The summed E-state index contributed by atoms with van der Waals surface area (Å²) in [5.41, 5.74) is 1.68. The largest absolute Gasteiger partial charge is 0.394 e. The summed E-state index contributed by atoms with van der Waals surface area (Å²) >= 11 is 0. The molecule has 0 saturated heterocycles. The summed E-state index contributed by atoms with van der Waals surface area (Å²) in [7, 11) is 1.78. The number of carbonyl (C=O) groups is 2. The molecule has 0 fully saturated rings. The molecule has 1 aliphatic heterocycles. The van der Waals surface area contributed by atoms with Crippen LogP contribution in [0.1, 0.15) is 37.9 Å². The minimum absolute atomic E-state index is 0.00233. The molecule has 0 aliphatic carbocycles. The second kappa shape index (κ2) is 11.9. The predicted octanol–water partition coefficient (Wildman–Crippen LogP) is 1.50. The van der Waals surface area contributed by atoms with Crippen molar-refractivity contribution in [3.05, 3.63) is 47.8 Å². The van der Waals surface area contributed by atoms with Crippen LogP contribution in [0.15, 0.2) is 36.5 Å². The average molecular weight is 458 g/mol. The van der Waals surface area contributed by atoms with Crippen molar-refractivity contribution in [1.82, 2.24) is 24.8 Å². The summed E-state index contributed by atoms with van der Waals surface area (Å²) in [4.78, 5) is 29.2. The topological polar surface area (TPSA) is 101 Å². The third-order valence-electron chi connectivity index (χ3n) is 6.12. The Bertz CT molecular complexity index is 903. The Labute approximate surface area is 195 Å². The van der Waals surface area contributed by atoms with Crippen molar-refractivity contribution in [1.29, 1.82) is 0 Å². The zero-order valence-electron chi connectivity index (χ0n) is 19.8. The molecule has 2 bridgehead atoms. The number of benzene rings is 1. The molecule has 2 aromatic rings. The van der Waals surface area contributed by atoms with Gasteiger partial charge in [-0.3, -0.25) is 14.3 Å². The molecule has 2 amide bonds. The van der Waals surface area contributed by atoms with Crippen LogP contribution in [0.25, 0.3) is 0 Å². The van der Waals surface area contributed by atoms with Crippen LogP contribution in [0.2, 0.25) is 0 Å². The molecule has 33 heavy (non-hydrogen) atoms. The highest BCUT2D eigenvalue weighted by Gasteiger charge is 2.28. The number of fused-ring (bicyclic) bond motifs is 2. The van der Waals surface area contributed by atoms with Gasteiger partial charge in [-0.15, -0.1) is 5.10 Å². The van der Waals surface area contributed by atoms with E-state index in [-0.39, 0.29) is 43.1 Å². The van der Waals surface area contributed by atoms with Gasteiger partial charge in [-0.1, -0.05) is 42.5 Å². The summed E-state index contributed by atoms with van der Waals surface area (Å²) in [6.45, 7) is 5.45. The third-order valence-corrected chi connectivity index (χ3v) is 6.12. The van der Waals surface area contributed by atoms with Gasteiger partial charge in [0, 0.05) is 39.0 Å². The van der Waals surface area contributed by atoms with Gasteiger partial charge < -0.3 is 19.6 Å². The van der Waals surface area contributed by atoms with E-state index in [1.807, 2.05) is 50.4 Å². The summed E-state index contributed by atoms with van der Waals surface area (Å²) in [5.74, 6) is -0.0662. The number of hydrogen-bond acceptors (Lipinski definition) is 6. The first-order valence-electron chi connectivity index (χ1n) is 11.6. The number of amides is 2. The molecular weight excluding hydrogens is 422 g/mol. The lowest BCUT2D eigenvalue weighted by molar-refractivity contribution is -0.138. The zero-order valence-corrected chi connectivity index (χ0v) is 19.8. The molecule has 9 nitrogen and oxygen atoms in total. The van der Waals surface area contributed by atoms with E-state index in [9.17, 15) is 14.7 Å². The number of hydrogen-bond donors (Lipinski definition) is 1. The molecule has 1 aliphatic rings. The van der Waals surface area contributed by atoms with Crippen LogP contribution < -0.4 is 0 Å². The van der Waals surface area contributed by atoms with Crippen LogP contribution in [0.4, 0.5) is 0 Å². The summed E-state index contributed by atoms with van der Waals surface area (Å²) in [5, 5.41) is 18.0. The Balaban J connectivity index is 1.75. The van der Waals surface area contributed by atoms with Crippen LogP contribution in [0.5, 0.6) is 0 Å². The number of rotatable bonds is 6. The van der Waals surface area contributed by atoms with E-state index in [1.165, 1.54) is 0 Å². The molecule has 9 heteroatoms. The number of likely N-dealkylation sites (N-methyl/N-ethyl adjacent to an activating group) is 1. The van der Waals surface area contributed by atoms with Crippen LogP contribution >= 0.6 is 0 Å². The highest BCUT2D eigenvalue weighted by Crippen LogP contribution is 2.18. The fourth-order valence-electron chi connectivity index (χ4n) is 3.97. The second-order valence-electron chi connectivity index (χ2n) is 8.92. The quantitative estimate of drug-likeness (QED) is 0.706. The molecule has 0 spiro atoms. The Morgan fingerprint density at radius 3 is 2.82 bits per heavy atom. The highest BCUT2D eigenvalue weighted by molar-refractivity contribution is 5.78. The average Bonchev–Trinajstić information content (AvgIpc) is 3.27. The van der Waals surface area contributed by atoms with Crippen LogP contribution in [-0.4, -0.2) is 80.6 Å². The van der Waals surface area contributed by atoms with Gasteiger partial charge in [0.05, 0.1) is 38.0 Å². The third kappa shape index (κ3) is 7.10. The lowest BCUT2D eigenvalue weighted by atomic mass is 10.0. The molecule has 0 radical (unpaired) electrons. The van der Waals surface area contributed by atoms with Gasteiger partial charge in [0.15, 0.2) is 0 Å². The van der Waals surface area contributed by atoms with Crippen LogP contribution in [-0.2, 0) is 33.9 Å². The molecule has 3 atom stereocenters. The van der Waals surface area contributed by atoms with Gasteiger partial charge in [-0.05, 0) is 18.9 Å². The first-order chi connectivity index (χ1) is 15.9. The Kier molecular flexibility index (Phi) is 8.96. The van der Waals surface area contributed by atoms with E-state index in [4.69, 9.17) is 4.74 Å². The standard InChI is InChI=1S/C24H35N5O4/c1-18-13-29(19(2)16-30)23(31)10-7-11-28-14-21(25-26-28)17-33-22(18)15-27(3)24(32)12-20-8-5-4-6-9-20/h4-6,8-9,14,18-19,22,30H,7,10-13,15-17H2,1-3H3/t18-,19+,22+/m0/s1. The number of aromatic nitrogens is 3. The summed E-state index contributed by atoms with van der Waals surface area (Å²) in [6, 6.07) is 9.35. The molecule has 1 aromatic carbocycles. The van der Waals surface area contributed by atoms with E-state index in [2.05, 4.69) is 10.3 Å². The van der Waals surface area contributed by atoms with Crippen molar-refractivity contribution >= 4 is 11.8 Å². The number of aliphatic hydroxyl groups is 1. The molecule has 0 saturated carbocycles. The van der Waals surface area contributed by atoms with E-state index >= 15 is 0 Å². The molecule has 2 heterocycles. The van der Waals surface area contributed by atoms with Gasteiger partial charge in [0.25, 0.3) is 0 Å². The minimum atomic E-state index is -0.318. The predicted molar refractivity (Wildman–Crippen MR) is 123 cm³/mol. The van der Waals surface area contributed by atoms with Crippen molar-refractivity contribution < 1.29 is 19.4 Å². The van der Waals surface area contributed by atoms with E-state index in [0.717, 1.165) is 11.3 Å². The fraction of sp³-hybridized carbons (Fsp3) is 0.583. The normalized spacial score (nSPS) is 21.0. The Morgan fingerprint density at radius 2 is 2.09 bits per heavy atom. The van der Waals surface area contributed by atoms with Gasteiger partial charge in [0.2, 0.25) is 11.8 Å². The number of aryl methyl sites for hydroxylation is 1. The monoisotopic (exact) mass is 457 g/mol. The van der Waals surface area contributed by atoms with Gasteiger partial charge >= 0.3 is 0 Å². The molecule has 1 aromatic heterocycles. The van der Waals surface area contributed by atoms with E-state index in [0.29, 0.717) is 38.9 Å². The summed E-state index contributed by atoms with van der Waals surface area (Å²) < 4.78 is 7.94. The first kappa shape index (κ1) is 24.9. The van der Waals surface area contributed by atoms with E-state index in [1.54, 1.807) is 21.5 Å². The van der Waals surface area contributed by atoms with Crippen molar-refractivity contribution in [2.75, 3.05) is 26.7 Å². The van der Waals surface area contributed by atoms with E-state index < -0.39 is 0 Å². The summed E-state index contributed by atoms with van der Waals surface area (Å²) in [6.07, 6.45) is 2.85. The van der Waals surface area contributed by atoms with Crippen molar-refractivity contribution in [3.63, 3.8) is 0 Å². The maximum Gasteiger partial charge on any atom is 0.226 e. The lowest BCUT2D eigenvalue weighted by Crippen LogP contribution is -2.47. The van der Waals surface area contributed by atoms with Crippen LogP contribution in [0, 0.1) is 5.92 Å². The maximum atomic E-state index is 12.9. The second-order valence-corrected chi connectivity index (χ2v) is 8.92. The molecule has 3 rings (SSSR count).